The molecular formula is C26H32N6O2. The number of ether oxygens (including phenoxy) is 1. The number of nitrogens with one attached hydrogen (secondary N) is 2. The third-order valence-corrected chi connectivity index (χ3v) is 7.22. The van der Waals surface area contributed by atoms with E-state index in [1.54, 1.807) is 25.4 Å². The van der Waals surface area contributed by atoms with Gasteiger partial charge in [-0.3, -0.25) is 0 Å². The van der Waals surface area contributed by atoms with E-state index in [0.29, 0.717) is 23.1 Å². The Balaban J connectivity index is 1.25. The van der Waals surface area contributed by atoms with Crippen LogP contribution in [0, 0.1) is 5.92 Å². The lowest BCUT2D eigenvalue weighted by Crippen LogP contribution is -2.63. The first-order valence-electron chi connectivity index (χ1n) is 11.9. The van der Waals surface area contributed by atoms with Crippen LogP contribution in [0.25, 0.3) is 22.4 Å². The van der Waals surface area contributed by atoms with Gasteiger partial charge in [-0.1, -0.05) is 6.07 Å². The fraction of sp³-hybridized carbons (Fsp3) is 0.462. The van der Waals surface area contributed by atoms with Gasteiger partial charge in [0.15, 0.2) is 0 Å². The van der Waals surface area contributed by atoms with Crippen LogP contribution in [0.5, 0.6) is 11.6 Å². The van der Waals surface area contributed by atoms with Gasteiger partial charge in [0.05, 0.1) is 19.0 Å². The number of phenols is 1. The van der Waals surface area contributed by atoms with Crippen LogP contribution in [0.4, 0.5) is 5.82 Å². The molecule has 0 spiro atoms. The summed E-state index contributed by atoms with van der Waals surface area (Å²) in [5, 5.41) is 34.6. The number of rotatable bonds is 6. The maximum Gasteiger partial charge on any atom is 0.233 e. The number of fused-ring (bicyclic) bond motifs is 2. The fourth-order valence-corrected chi connectivity index (χ4v) is 5.87. The molecule has 1 aromatic carbocycles. The molecule has 34 heavy (non-hydrogen) atoms. The van der Waals surface area contributed by atoms with Crippen molar-refractivity contribution >= 4 is 5.82 Å². The lowest BCUT2D eigenvalue weighted by Gasteiger charge is -2.53. The molecule has 8 heteroatoms. The molecule has 2 bridgehead atoms. The van der Waals surface area contributed by atoms with Gasteiger partial charge in [0.25, 0.3) is 0 Å². The van der Waals surface area contributed by atoms with E-state index in [-0.39, 0.29) is 16.8 Å². The largest absolute Gasteiger partial charge is 0.507 e. The van der Waals surface area contributed by atoms with Crippen molar-refractivity contribution < 1.29 is 9.84 Å². The van der Waals surface area contributed by atoms with Crippen LogP contribution in [0.2, 0.25) is 0 Å². The second-order valence-electron chi connectivity index (χ2n) is 10.3. The smallest absolute Gasteiger partial charge is 0.233 e. The van der Waals surface area contributed by atoms with Gasteiger partial charge in [-0.25, -0.2) is 0 Å². The number of piperidine rings is 2. The summed E-state index contributed by atoms with van der Waals surface area (Å²) in [4.78, 5) is 0. The Morgan fingerprint density at radius 1 is 1.03 bits per heavy atom. The number of nitrogens with zero attached hydrogens (tertiary/aromatic N) is 4. The lowest BCUT2D eigenvalue weighted by atomic mass is 9.67. The van der Waals surface area contributed by atoms with E-state index in [9.17, 15) is 5.11 Å². The first-order chi connectivity index (χ1) is 16.3. The summed E-state index contributed by atoms with van der Waals surface area (Å²) in [6, 6.07) is 11.0. The second-order valence-corrected chi connectivity index (χ2v) is 10.3. The molecule has 0 amide bonds. The zero-order valence-electron chi connectivity index (χ0n) is 20.0. The number of aromatic nitrogens is 4. The molecule has 2 aliphatic heterocycles. The summed E-state index contributed by atoms with van der Waals surface area (Å²) < 4.78 is 5.13. The molecule has 2 aromatic heterocycles. The quantitative estimate of drug-likeness (QED) is 0.496. The highest BCUT2D eigenvalue weighted by atomic mass is 16.5. The molecule has 2 aliphatic rings. The van der Waals surface area contributed by atoms with E-state index in [2.05, 4.69) is 44.9 Å². The average Bonchev–Trinajstić information content (AvgIpc) is 2.82. The van der Waals surface area contributed by atoms with Gasteiger partial charge in [0, 0.05) is 34.8 Å². The van der Waals surface area contributed by atoms with Crippen LogP contribution in [0.15, 0.2) is 42.6 Å². The van der Waals surface area contributed by atoms with Crippen molar-refractivity contribution in [2.45, 2.75) is 57.0 Å². The van der Waals surface area contributed by atoms with Gasteiger partial charge in [0.1, 0.15) is 11.6 Å². The van der Waals surface area contributed by atoms with E-state index in [0.717, 1.165) is 23.5 Å². The second kappa shape index (κ2) is 8.83. The van der Waals surface area contributed by atoms with Crippen LogP contribution in [-0.2, 0) is 0 Å². The molecule has 3 N–H and O–H groups in total. The highest BCUT2D eigenvalue weighted by Crippen LogP contribution is 2.42. The molecule has 0 aliphatic carbocycles. The van der Waals surface area contributed by atoms with Crippen LogP contribution >= 0.6 is 0 Å². The molecular weight excluding hydrogens is 428 g/mol. The predicted octanol–water partition coefficient (Wildman–Crippen LogP) is 4.43. The molecule has 2 saturated heterocycles. The van der Waals surface area contributed by atoms with Crippen molar-refractivity contribution in [3.8, 4) is 34.0 Å². The minimum Gasteiger partial charge on any atom is -0.507 e. The van der Waals surface area contributed by atoms with Crippen molar-refractivity contribution in [1.82, 2.24) is 25.7 Å². The molecule has 8 nitrogen and oxygen atoms in total. The van der Waals surface area contributed by atoms with Gasteiger partial charge >= 0.3 is 0 Å². The van der Waals surface area contributed by atoms with Crippen LogP contribution in [-0.4, -0.2) is 50.2 Å². The van der Waals surface area contributed by atoms with E-state index >= 15 is 0 Å². The van der Waals surface area contributed by atoms with E-state index < -0.39 is 0 Å². The van der Waals surface area contributed by atoms with Crippen molar-refractivity contribution in [3.05, 3.63) is 42.6 Å². The maximum absolute atomic E-state index is 10.6. The number of phenolic OH excluding ortho intramolecular Hbond substituents is 1. The topological polar surface area (TPSA) is 105 Å². The summed E-state index contributed by atoms with van der Waals surface area (Å²) >= 11 is 0. The third-order valence-electron chi connectivity index (χ3n) is 7.22. The Labute approximate surface area is 200 Å². The van der Waals surface area contributed by atoms with Crippen molar-refractivity contribution in [3.63, 3.8) is 0 Å². The van der Waals surface area contributed by atoms with Crippen LogP contribution < -0.4 is 15.4 Å². The Morgan fingerprint density at radius 3 is 2.50 bits per heavy atom. The molecule has 0 radical (unpaired) electrons. The van der Waals surface area contributed by atoms with Gasteiger partial charge in [-0.05, 0) is 81.7 Å². The molecule has 5 rings (SSSR count). The van der Waals surface area contributed by atoms with Gasteiger partial charge in [0.2, 0.25) is 5.88 Å². The number of aromatic hydroxyl groups is 1. The lowest BCUT2D eigenvalue weighted by molar-refractivity contribution is 0.0589. The predicted molar refractivity (Wildman–Crippen MR) is 132 cm³/mol. The molecule has 2 atom stereocenters. The summed E-state index contributed by atoms with van der Waals surface area (Å²) in [6.07, 6.45) is 7.81. The molecule has 3 aromatic rings. The Morgan fingerprint density at radius 2 is 1.82 bits per heavy atom. The van der Waals surface area contributed by atoms with E-state index in [1.807, 2.05) is 24.3 Å². The van der Waals surface area contributed by atoms with Gasteiger partial charge in [-0.2, -0.15) is 5.10 Å². The fourth-order valence-electron chi connectivity index (χ4n) is 5.87. The normalized spacial score (nSPS) is 26.1. The Bertz CT molecular complexity index is 1150. The zero-order valence-corrected chi connectivity index (χ0v) is 20.0. The summed E-state index contributed by atoms with van der Waals surface area (Å²) in [6.45, 7) is 5.62. The number of methoxy groups -OCH3 is 1. The number of benzene rings is 1. The van der Waals surface area contributed by atoms with Crippen LogP contribution in [0.1, 0.15) is 46.0 Å². The van der Waals surface area contributed by atoms with Gasteiger partial charge in [-0.15, -0.1) is 15.3 Å². The zero-order chi connectivity index (χ0) is 23.8. The summed E-state index contributed by atoms with van der Waals surface area (Å²) in [7, 11) is 1.55. The van der Waals surface area contributed by atoms with E-state index in [1.165, 1.54) is 32.1 Å². The van der Waals surface area contributed by atoms with Crippen molar-refractivity contribution in [2.24, 2.45) is 5.92 Å². The van der Waals surface area contributed by atoms with Crippen molar-refractivity contribution in [2.75, 3.05) is 19.0 Å². The minimum atomic E-state index is 0.131. The monoisotopic (exact) mass is 460 g/mol. The molecule has 2 fully saturated rings. The minimum absolute atomic E-state index is 0.131. The number of anilines is 1. The molecule has 4 heterocycles. The highest BCUT2D eigenvalue weighted by molar-refractivity contribution is 5.74. The number of hydrogen-bond donors (Lipinski definition) is 3. The molecule has 2 unspecified atom stereocenters. The molecule has 0 saturated carbocycles. The SMILES string of the molecule is COc1cc(-c2ccc(-c3ccc(NCC4CC5(C)CCCC(C)(C4)N5)nn3)c(O)c2)cnn1. The van der Waals surface area contributed by atoms with E-state index in [4.69, 9.17) is 4.74 Å². The van der Waals surface area contributed by atoms with Crippen LogP contribution in [0.3, 0.4) is 0 Å². The first-order valence-corrected chi connectivity index (χ1v) is 11.9. The Hall–Kier alpha value is -3.26. The number of hydrogen-bond acceptors (Lipinski definition) is 8. The molecule has 178 valence electrons. The van der Waals surface area contributed by atoms with Gasteiger partial charge < -0.3 is 20.5 Å². The third kappa shape index (κ3) is 4.68. The Kier molecular flexibility index (Phi) is 5.85. The highest BCUT2D eigenvalue weighted by Gasteiger charge is 2.45. The standard InChI is InChI=1S/C26H32N6O2/c1-25-9-4-10-26(2,32-25)14-17(13-25)15-27-23-8-7-21(29-30-23)20-6-5-18(11-22(20)33)19-12-24(34-3)31-28-16-19/h5-8,11-12,16-17,32-33H,4,9-10,13-15H2,1-3H3,(H,27,30). The van der Waals surface area contributed by atoms with Crippen molar-refractivity contribution in [1.29, 1.82) is 0 Å². The first kappa shape index (κ1) is 22.5. The summed E-state index contributed by atoms with van der Waals surface area (Å²) in [5.74, 6) is 1.92. The maximum atomic E-state index is 10.6. The summed E-state index contributed by atoms with van der Waals surface area (Å²) in [5.41, 5.74) is 3.36. The average molecular weight is 461 g/mol.